The zero-order chi connectivity index (χ0) is 14.3. The van der Waals surface area contributed by atoms with Gasteiger partial charge in [-0.05, 0) is 27.2 Å². The Morgan fingerprint density at radius 1 is 1.37 bits per heavy atom. The lowest BCUT2D eigenvalue weighted by Crippen LogP contribution is -2.27. The third kappa shape index (κ3) is 5.11. The minimum absolute atomic E-state index is 0.0588. The van der Waals surface area contributed by atoms with Crippen LogP contribution in [0.5, 0.6) is 0 Å². The van der Waals surface area contributed by atoms with Crippen molar-refractivity contribution in [2.24, 2.45) is 0 Å². The molecule has 0 aliphatic carbocycles. The van der Waals surface area contributed by atoms with Crippen LogP contribution < -0.4 is 5.32 Å². The maximum Gasteiger partial charge on any atom is 0.305 e. The first-order valence-corrected chi connectivity index (χ1v) is 6.47. The predicted molar refractivity (Wildman–Crippen MR) is 70.6 cm³/mol. The maximum atomic E-state index is 11.7. The number of carbonyl (C=O) groups is 2. The average molecular weight is 267 g/mol. The molecule has 0 radical (unpaired) electrons. The van der Waals surface area contributed by atoms with Crippen LogP contribution in [0, 0.1) is 13.8 Å². The maximum absolute atomic E-state index is 11.7. The molecule has 1 rings (SSSR count). The number of aryl methyl sites for hydroxylation is 2. The fourth-order valence-electron chi connectivity index (χ4n) is 1.75. The van der Waals surface area contributed by atoms with Crippen LogP contribution in [0.1, 0.15) is 36.7 Å². The van der Waals surface area contributed by atoms with Crippen molar-refractivity contribution >= 4 is 11.9 Å². The van der Waals surface area contributed by atoms with Crippen LogP contribution in [0.25, 0.3) is 0 Å². The fourth-order valence-corrected chi connectivity index (χ4v) is 1.75. The van der Waals surface area contributed by atoms with Crippen molar-refractivity contribution in [1.29, 1.82) is 0 Å². The van der Waals surface area contributed by atoms with Gasteiger partial charge >= 0.3 is 5.97 Å². The first-order valence-electron chi connectivity index (χ1n) is 6.47. The number of amides is 1. The van der Waals surface area contributed by atoms with Gasteiger partial charge in [0.2, 0.25) is 5.91 Å². The number of nitrogens with one attached hydrogen (secondary N) is 2. The zero-order valence-electron chi connectivity index (χ0n) is 11.7. The van der Waals surface area contributed by atoms with E-state index in [0.717, 1.165) is 17.0 Å². The number of hydrogen-bond acceptors (Lipinski definition) is 4. The van der Waals surface area contributed by atoms with Crippen molar-refractivity contribution in [2.45, 2.75) is 40.0 Å². The molecular weight excluding hydrogens is 246 g/mol. The number of aromatic amines is 1. The summed E-state index contributed by atoms with van der Waals surface area (Å²) >= 11 is 0. The van der Waals surface area contributed by atoms with E-state index in [1.807, 2.05) is 13.8 Å². The van der Waals surface area contributed by atoms with Gasteiger partial charge in [0.25, 0.3) is 0 Å². The second-order valence-corrected chi connectivity index (χ2v) is 4.35. The first kappa shape index (κ1) is 15.2. The lowest BCUT2D eigenvalue weighted by Gasteiger charge is -2.05. The second kappa shape index (κ2) is 7.56. The number of ether oxygens (including phenoxy) is 1. The van der Waals surface area contributed by atoms with E-state index in [4.69, 9.17) is 4.74 Å². The summed E-state index contributed by atoms with van der Waals surface area (Å²) in [6, 6.07) is 0. The quantitative estimate of drug-likeness (QED) is 0.571. The van der Waals surface area contributed by atoms with Crippen molar-refractivity contribution in [3.8, 4) is 0 Å². The molecule has 0 spiro atoms. The highest BCUT2D eigenvalue weighted by atomic mass is 16.5. The Hall–Kier alpha value is -1.85. The standard InChI is InChI=1S/C13H21N3O3/c1-4-19-13(18)6-5-7-14-12(17)8-11-9(2)15-16-10(11)3/h4-8H2,1-3H3,(H,14,17)(H,15,16). The Bertz CT molecular complexity index is 421. The Balaban J connectivity index is 2.24. The highest BCUT2D eigenvalue weighted by Gasteiger charge is 2.11. The van der Waals surface area contributed by atoms with E-state index in [9.17, 15) is 9.59 Å². The van der Waals surface area contributed by atoms with Crippen LogP contribution in [0.2, 0.25) is 0 Å². The molecule has 0 aliphatic rings. The molecule has 0 saturated heterocycles. The number of rotatable bonds is 7. The molecule has 0 atom stereocenters. The van der Waals surface area contributed by atoms with Gasteiger partial charge in [-0.25, -0.2) is 0 Å². The number of H-pyrrole nitrogens is 1. The molecule has 0 unspecified atom stereocenters. The van der Waals surface area contributed by atoms with Crippen LogP contribution >= 0.6 is 0 Å². The van der Waals surface area contributed by atoms with Gasteiger partial charge in [0, 0.05) is 24.2 Å². The molecule has 0 bridgehead atoms. The van der Waals surface area contributed by atoms with Crippen LogP contribution in [0.4, 0.5) is 0 Å². The van der Waals surface area contributed by atoms with Crippen LogP contribution in [-0.2, 0) is 20.7 Å². The van der Waals surface area contributed by atoms with Gasteiger partial charge in [-0.3, -0.25) is 14.7 Å². The molecule has 1 amide bonds. The van der Waals surface area contributed by atoms with Crippen molar-refractivity contribution in [2.75, 3.05) is 13.2 Å². The summed E-state index contributed by atoms with van der Waals surface area (Å²) in [5.74, 6) is -0.283. The van der Waals surface area contributed by atoms with Gasteiger partial charge in [0.15, 0.2) is 0 Å². The second-order valence-electron chi connectivity index (χ2n) is 4.35. The Kier molecular flexibility index (Phi) is 6.05. The number of hydrogen-bond donors (Lipinski definition) is 2. The zero-order valence-corrected chi connectivity index (χ0v) is 11.7. The minimum atomic E-state index is -0.224. The van der Waals surface area contributed by atoms with E-state index in [1.54, 1.807) is 6.92 Å². The molecule has 106 valence electrons. The highest BCUT2D eigenvalue weighted by Crippen LogP contribution is 2.09. The van der Waals surface area contributed by atoms with Gasteiger partial charge in [0.05, 0.1) is 18.7 Å². The summed E-state index contributed by atoms with van der Waals surface area (Å²) in [4.78, 5) is 22.8. The number of esters is 1. The molecule has 6 nitrogen and oxygen atoms in total. The summed E-state index contributed by atoms with van der Waals surface area (Å²) in [6.45, 7) is 6.41. The highest BCUT2D eigenvalue weighted by molar-refractivity contribution is 5.79. The topological polar surface area (TPSA) is 84.1 Å². The third-order valence-corrected chi connectivity index (χ3v) is 2.80. The molecule has 6 heteroatoms. The summed E-state index contributed by atoms with van der Waals surface area (Å²) < 4.78 is 4.80. The average Bonchev–Trinajstić information content (AvgIpc) is 2.67. The molecule has 19 heavy (non-hydrogen) atoms. The van der Waals surface area contributed by atoms with Crippen molar-refractivity contribution in [1.82, 2.24) is 15.5 Å². The molecule has 2 N–H and O–H groups in total. The van der Waals surface area contributed by atoms with Crippen LogP contribution in [0.15, 0.2) is 0 Å². The van der Waals surface area contributed by atoms with Crippen molar-refractivity contribution in [3.63, 3.8) is 0 Å². The van der Waals surface area contributed by atoms with Gasteiger partial charge in [-0.2, -0.15) is 5.10 Å². The Morgan fingerprint density at radius 3 is 2.68 bits per heavy atom. The third-order valence-electron chi connectivity index (χ3n) is 2.80. The number of carbonyl (C=O) groups excluding carboxylic acids is 2. The summed E-state index contributed by atoms with van der Waals surface area (Å²) in [5, 5.41) is 9.67. The van der Waals surface area contributed by atoms with Crippen LogP contribution in [-0.4, -0.2) is 35.2 Å². The van der Waals surface area contributed by atoms with Crippen molar-refractivity contribution < 1.29 is 14.3 Å². The van der Waals surface area contributed by atoms with E-state index in [1.165, 1.54) is 0 Å². The summed E-state index contributed by atoms with van der Waals surface area (Å²) in [6.07, 6.45) is 1.24. The Labute approximate surface area is 112 Å². The first-order chi connectivity index (χ1) is 9.04. The lowest BCUT2D eigenvalue weighted by atomic mass is 10.1. The van der Waals surface area contributed by atoms with Gasteiger partial charge < -0.3 is 10.1 Å². The van der Waals surface area contributed by atoms with Gasteiger partial charge in [-0.15, -0.1) is 0 Å². The monoisotopic (exact) mass is 267 g/mol. The van der Waals surface area contributed by atoms with Crippen LogP contribution in [0.3, 0.4) is 0 Å². The van der Waals surface area contributed by atoms with E-state index in [-0.39, 0.29) is 11.9 Å². The smallest absolute Gasteiger partial charge is 0.305 e. The summed E-state index contributed by atoms with van der Waals surface area (Å²) in [7, 11) is 0. The fraction of sp³-hybridized carbons (Fsp3) is 0.615. The molecule has 1 aromatic rings. The van der Waals surface area contributed by atoms with E-state index >= 15 is 0 Å². The summed E-state index contributed by atoms with van der Waals surface area (Å²) in [5.41, 5.74) is 2.70. The minimum Gasteiger partial charge on any atom is -0.466 e. The molecular formula is C13H21N3O3. The Morgan fingerprint density at radius 2 is 2.11 bits per heavy atom. The van der Waals surface area contributed by atoms with E-state index in [2.05, 4.69) is 15.5 Å². The molecule has 1 aromatic heterocycles. The van der Waals surface area contributed by atoms with Crippen molar-refractivity contribution in [3.05, 3.63) is 17.0 Å². The van der Waals surface area contributed by atoms with E-state index < -0.39 is 0 Å². The molecule has 0 saturated carbocycles. The van der Waals surface area contributed by atoms with E-state index in [0.29, 0.717) is 32.4 Å². The lowest BCUT2D eigenvalue weighted by molar-refractivity contribution is -0.143. The van der Waals surface area contributed by atoms with Gasteiger partial charge in [-0.1, -0.05) is 0 Å². The predicted octanol–water partition coefficient (Wildman–Crippen LogP) is 1.03. The molecule has 1 heterocycles. The number of aromatic nitrogens is 2. The number of nitrogens with zero attached hydrogens (tertiary/aromatic N) is 1. The normalized spacial score (nSPS) is 10.3. The van der Waals surface area contributed by atoms with Gasteiger partial charge in [0.1, 0.15) is 0 Å². The molecule has 0 aliphatic heterocycles. The largest absolute Gasteiger partial charge is 0.466 e. The molecule has 0 aromatic carbocycles. The molecule has 0 fully saturated rings. The SMILES string of the molecule is CCOC(=O)CCCNC(=O)Cc1c(C)n[nH]c1C.